The summed E-state index contributed by atoms with van der Waals surface area (Å²) in [7, 11) is 0. The molecule has 3 rings (SSSR count). The van der Waals surface area contributed by atoms with Gasteiger partial charge in [0.15, 0.2) is 0 Å². The smallest absolute Gasteiger partial charge is 0.269 e. The van der Waals surface area contributed by atoms with E-state index in [0.717, 1.165) is 22.6 Å². The summed E-state index contributed by atoms with van der Waals surface area (Å²) in [5.41, 5.74) is 3.84. The quantitative estimate of drug-likeness (QED) is 0.352. The summed E-state index contributed by atoms with van der Waals surface area (Å²) in [6, 6.07) is 24.1. The second kappa shape index (κ2) is 8.39. The first-order chi connectivity index (χ1) is 12.7. The van der Waals surface area contributed by atoms with E-state index < -0.39 is 4.92 Å². The lowest BCUT2D eigenvalue weighted by molar-refractivity contribution is -0.384. The second-order valence-corrected chi connectivity index (χ2v) is 5.52. The summed E-state index contributed by atoms with van der Waals surface area (Å²) in [5, 5.41) is 13.9. The molecule has 5 nitrogen and oxygen atoms in total. The lowest BCUT2D eigenvalue weighted by Gasteiger charge is -2.05. The molecule has 5 heteroatoms. The normalized spacial score (nSPS) is 11.1. The zero-order chi connectivity index (χ0) is 18.2. The van der Waals surface area contributed by atoms with Gasteiger partial charge >= 0.3 is 0 Å². The molecule has 1 N–H and O–H groups in total. The number of nitrogens with zero attached hydrogens (tertiary/aromatic N) is 2. The zero-order valence-corrected chi connectivity index (χ0v) is 13.9. The van der Waals surface area contributed by atoms with E-state index in [0.29, 0.717) is 0 Å². The highest BCUT2D eigenvalue weighted by atomic mass is 16.6. The van der Waals surface area contributed by atoms with E-state index in [1.165, 1.54) is 12.1 Å². The van der Waals surface area contributed by atoms with Crippen LogP contribution in [0.2, 0.25) is 0 Å². The Balaban J connectivity index is 1.57. The Morgan fingerprint density at radius 3 is 2.15 bits per heavy atom. The van der Waals surface area contributed by atoms with E-state index >= 15 is 0 Å². The highest BCUT2D eigenvalue weighted by molar-refractivity contribution is 5.80. The minimum atomic E-state index is -0.411. The van der Waals surface area contributed by atoms with Gasteiger partial charge in [0.2, 0.25) is 0 Å². The van der Waals surface area contributed by atoms with Gasteiger partial charge in [-0.05, 0) is 60.2 Å². The number of aliphatic imine (C=N–C) groups is 1. The molecule has 0 heterocycles. The molecule has 0 aliphatic heterocycles. The summed E-state index contributed by atoms with van der Waals surface area (Å²) >= 11 is 0. The predicted octanol–water partition coefficient (Wildman–Crippen LogP) is 5.75. The van der Waals surface area contributed by atoms with Crippen LogP contribution in [0.4, 0.5) is 22.7 Å². The Labute approximate surface area is 151 Å². The average molecular weight is 343 g/mol. The average Bonchev–Trinajstić information content (AvgIpc) is 2.68. The number of non-ortho nitro benzene ring substituents is 1. The fourth-order valence-electron chi connectivity index (χ4n) is 2.31. The van der Waals surface area contributed by atoms with Crippen molar-refractivity contribution in [1.29, 1.82) is 0 Å². The van der Waals surface area contributed by atoms with Crippen molar-refractivity contribution in [1.82, 2.24) is 0 Å². The number of nitrogens with one attached hydrogen (secondary N) is 1. The van der Waals surface area contributed by atoms with Gasteiger partial charge in [-0.25, -0.2) is 0 Å². The van der Waals surface area contributed by atoms with Crippen LogP contribution in [0.15, 0.2) is 89.9 Å². The predicted molar refractivity (Wildman–Crippen MR) is 106 cm³/mol. The van der Waals surface area contributed by atoms with Gasteiger partial charge in [0.05, 0.1) is 10.6 Å². The largest absolute Gasteiger partial charge is 0.356 e. The molecule has 0 aliphatic carbocycles. The Bertz CT molecular complexity index is 916. The summed E-state index contributed by atoms with van der Waals surface area (Å²) in [4.78, 5) is 14.6. The molecule has 0 atom stereocenters. The van der Waals surface area contributed by atoms with E-state index in [-0.39, 0.29) is 5.69 Å². The number of hydrogen-bond donors (Lipinski definition) is 1. The van der Waals surface area contributed by atoms with Crippen LogP contribution in [0.25, 0.3) is 6.08 Å². The van der Waals surface area contributed by atoms with Gasteiger partial charge in [-0.15, -0.1) is 0 Å². The van der Waals surface area contributed by atoms with Crippen LogP contribution in [0, 0.1) is 10.1 Å². The van der Waals surface area contributed by atoms with Crippen LogP contribution in [0.5, 0.6) is 0 Å². The third kappa shape index (κ3) is 4.88. The molecule has 0 saturated heterocycles. The lowest BCUT2D eigenvalue weighted by atomic mass is 10.2. The molecule has 0 aromatic heterocycles. The third-order valence-electron chi connectivity index (χ3n) is 3.63. The second-order valence-electron chi connectivity index (χ2n) is 5.52. The third-order valence-corrected chi connectivity index (χ3v) is 3.63. The van der Waals surface area contributed by atoms with Crippen LogP contribution in [-0.2, 0) is 0 Å². The SMILES string of the molecule is O=[N+]([O-])c1ccc(/C=C\C=Nc2ccc(Nc3ccccc3)cc2)cc1. The Morgan fingerprint density at radius 1 is 0.846 bits per heavy atom. The van der Waals surface area contributed by atoms with Gasteiger partial charge in [-0.1, -0.05) is 24.3 Å². The number of nitro groups is 1. The molecular formula is C21H17N3O2. The van der Waals surface area contributed by atoms with Gasteiger partial charge < -0.3 is 5.32 Å². The lowest BCUT2D eigenvalue weighted by Crippen LogP contribution is -1.88. The van der Waals surface area contributed by atoms with Crippen LogP contribution in [0.1, 0.15) is 5.56 Å². The Hall–Kier alpha value is -3.73. The first-order valence-corrected chi connectivity index (χ1v) is 8.08. The first kappa shape index (κ1) is 17.1. The zero-order valence-electron chi connectivity index (χ0n) is 13.9. The summed E-state index contributed by atoms with van der Waals surface area (Å²) in [5.74, 6) is 0. The number of rotatable bonds is 6. The molecule has 0 saturated carbocycles. The molecule has 128 valence electrons. The number of para-hydroxylation sites is 1. The topological polar surface area (TPSA) is 67.5 Å². The highest BCUT2D eigenvalue weighted by Crippen LogP contribution is 2.20. The van der Waals surface area contributed by atoms with Crippen molar-refractivity contribution in [2.24, 2.45) is 4.99 Å². The number of benzene rings is 3. The Kier molecular flexibility index (Phi) is 5.52. The van der Waals surface area contributed by atoms with Gasteiger partial charge in [0, 0.05) is 29.7 Å². The maximum atomic E-state index is 10.6. The number of nitro benzene ring substituents is 1. The molecule has 0 unspecified atom stereocenters. The maximum Gasteiger partial charge on any atom is 0.269 e. The number of hydrogen-bond acceptors (Lipinski definition) is 4. The molecule has 0 fully saturated rings. The highest BCUT2D eigenvalue weighted by Gasteiger charge is 2.01. The van der Waals surface area contributed by atoms with Crippen molar-refractivity contribution in [2.45, 2.75) is 0 Å². The van der Waals surface area contributed by atoms with E-state index in [4.69, 9.17) is 0 Å². The van der Waals surface area contributed by atoms with Crippen molar-refractivity contribution in [3.05, 3.63) is 101 Å². The fourth-order valence-corrected chi connectivity index (χ4v) is 2.31. The molecular weight excluding hydrogens is 326 g/mol. The summed E-state index contributed by atoms with van der Waals surface area (Å²) in [6.07, 6.45) is 5.34. The molecule has 0 spiro atoms. The molecule has 0 amide bonds. The van der Waals surface area contributed by atoms with Crippen LogP contribution in [0.3, 0.4) is 0 Å². The monoisotopic (exact) mass is 343 g/mol. The van der Waals surface area contributed by atoms with Gasteiger partial charge in [0.25, 0.3) is 5.69 Å². The fraction of sp³-hybridized carbons (Fsp3) is 0. The summed E-state index contributed by atoms with van der Waals surface area (Å²) < 4.78 is 0. The molecule has 0 bridgehead atoms. The van der Waals surface area contributed by atoms with Crippen molar-refractivity contribution in [2.75, 3.05) is 5.32 Å². The first-order valence-electron chi connectivity index (χ1n) is 8.08. The van der Waals surface area contributed by atoms with Crippen LogP contribution < -0.4 is 5.32 Å². The Morgan fingerprint density at radius 2 is 1.50 bits per heavy atom. The summed E-state index contributed by atoms with van der Waals surface area (Å²) in [6.45, 7) is 0. The van der Waals surface area contributed by atoms with E-state index in [9.17, 15) is 10.1 Å². The van der Waals surface area contributed by atoms with Crippen molar-refractivity contribution < 1.29 is 4.92 Å². The van der Waals surface area contributed by atoms with E-state index in [2.05, 4.69) is 10.3 Å². The van der Waals surface area contributed by atoms with Crippen LogP contribution >= 0.6 is 0 Å². The van der Waals surface area contributed by atoms with Crippen LogP contribution in [-0.4, -0.2) is 11.1 Å². The minimum absolute atomic E-state index is 0.0834. The molecule has 3 aromatic carbocycles. The molecule has 26 heavy (non-hydrogen) atoms. The number of anilines is 2. The minimum Gasteiger partial charge on any atom is -0.356 e. The van der Waals surface area contributed by atoms with Gasteiger partial charge in [-0.2, -0.15) is 0 Å². The van der Waals surface area contributed by atoms with Crippen molar-refractivity contribution >= 4 is 35.0 Å². The van der Waals surface area contributed by atoms with Gasteiger partial charge in [0.1, 0.15) is 0 Å². The van der Waals surface area contributed by atoms with E-state index in [1.54, 1.807) is 24.4 Å². The molecule has 0 aliphatic rings. The van der Waals surface area contributed by atoms with Gasteiger partial charge in [-0.3, -0.25) is 15.1 Å². The van der Waals surface area contributed by atoms with Crippen molar-refractivity contribution in [3.8, 4) is 0 Å². The number of allylic oxidation sites excluding steroid dienone is 1. The molecule has 3 aromatic rings. The molecule has 0 radical (unpaired) electrons. The standard InChI is InChI=1S/C21H17N3O2/c25-24(26)21-14-8-17(9-15-21)5-4-16-22-18-10-12-20(13-11-18)23-19-6-2-1-3-7-19/h1-16,23H/b5-4-,22-16?. The van der Waals surface area contributed by atoms with E-state index in [1.807, 2.05) is 60.7 Å². The maximum absolute atomic E-state index is 10.6. The van der Waals surface area contributed by atoms with Crippen molar-refractivity contribution in [3.63, 3.8) is 0 Å².